The molecular weight excluding hydrogens is 553 g/mol. The molecule has 1 heterocycles. The van der Waals surface area contributed by atoms with Gasteiger partial charge in [0.1, 0.15) is 29.5 Å². The highest BCUT2D eigenvalue weighted by Crippen LogP contribution is 2.38. The van der Waals surface area contributed by atoms with Crippen LogP contribution >= 0.6 is 11.8 Å². The van der Waals surface area contributed by atoms with Crippen LogP contribution in [0, 0.1) is 5.82 Å². The fraction of sp³-hybridized carbons (Fsp3) is 0.273. The van der Waals surface area contributed by atoms with Gasteiger partial charge in [0.25, 0.3) is 0 Å². The van der Waals surface area contributed by atoms with Crippen LogP contribution in [-0.2, 0) is 38.8 Å². The lowest BCUT2D eigenvalue weighted by Gasteiger charge is -2.44. The summed E-state index contributed by atoms with van der Waals surface area (Å²) < 4.78 is 39.4. The van der Waals surface area contributed by atoms with E-state index in [1.165, 1.54) is 23.9 Å². The van der Waals surface area contributed by atoms with Gasteiger partial charge in [0.15, 0.2) is 0 Å². The standard InChI is InChI=1S/C33H32FN3O4S/c34-27-16-18-28(19-17-27)42-33-30(36-37-35)32(40-22-26-14-8-3-9-15-26)31(39-21-25-12-6-2-7-13-25)29(41-33)23-38-20-24-10-4-1-5-11-24/h1-19,29-33H,20-23H2/t29-,30-,31-,32-,33+/m1/s1. The molecule has 0 amide bonds. The Kier molecular flexibility index (Phi) is 11.0. The second kappa shape index (κ2) is 15.5. The molecule has 0 N–H and O–H groups in total. The highest BCUT2D eigenvalue weighted by atomic mass is 32.2. The van der Waals surface area contributed by atoms with Crippen LogP contribution in [0.1, 0.15) is 16.7 Å². The predicted molar refractivity (Wildman–Crippen MR) is 160 cm³/mol. The maximum absolute atomic E-state index is 13.6. The molecule has 1 aliphatic rings. The van der Waals surface area contributed by atoms with Crippen LogP contribution in [0.4, 0.5) is 4.39 Å². The van der Waals surface area contributed by atoms with E-state index in [9.17, 15) is 9.92 Å². The molecule has 5 atom stereocenters. The second-order valence-corrected chi connectivity index (χ2v) is 11.0. The molecule has 0 aromatic heterocycles. The van der Waals surface area contributed by atoms with Crippen LogP contribution in [-0.4, -0.2) is 36.4 Å². The summed E-state index contributed by atoms with van der Waals surface area (Å²) in [5.74, 6) is -0.332. The number of nitrogens with zero attached hydrogens (tertiary/aromatic N) is 3. The van der Waals surface area contributed by atoms with E-state index in [-0.39, 0.29) is 12.4 Å². The Morgan fingerprint density at radius 1 is 0.714 bits per heavy atom. The highest BCUT2D eigenvalue weighted by Gasteiger charge is 2.47. The van der Waals surface area contributed by atoms with E-state index in [2.05, 4.69) is 10.0 Å². The molecule has 0 unspecified atom stereocenters. The van der Waals surface area contributed by atoms with Crippen molar-refractivity contribution in [3.8, 4) is 0 Å². The Hall–Kier alpha value is -3.69. The fourth-order valence-electron chi connectivity index (χ4n) is 4.75. The first-order chi connectivity index (χ1) is 20.7. The molecule has 0 aliphatic carbocycles. The van der Waals surface area contributed by atoms with Crippen molar-refractivity contribution in [3.63, 3.8) is 0 Å². The number of thioether (sulfide) groups is 1. The zero-order valence-corrected chi connectivity index (χ0v) is 23.8. The summed E-state index contributed by atoms with van der Waals surface area (Å²) >= 11 is 1.35. The Morgan fingerprint density at radius 3 is 1.79 bits per heavy atom. The summed E-state index contributed by atoms with van der Waals surface area (Å²) in [7, 11) is 0. The van der Waals surface area contributed by atoms with Gasteiger partial charge in [-0.1, -0.05) is 108 Å². The van der Waals surface area contributed by atoms with E-state index >= 15 is 0 Å². The van der Waals surface area contributed by atoms with Gasteiger partial charge in [0, 0.05) is 9.81 Å². The third-order valence-electron chi connectivity index (χ3n) is 6.83. The van der Waals surface area contributed by atoms with Crippen LogP contribution in [0.25, 0.3) is 10.4 Å². The topological polar surface area (TPSA) is 85.7 Å². The van der Waals surface area contributed by atoms with Gasteiger partial charge in [-0.05, 0) is 46.5 Å². The maximum Gasteiger partial charge on any atom is 0.123 e. The summed E-state index contributed by atoms with van der Waals surface area (Å²) in [6, 6.07) is 34.9. The number of halogens is 1. The van der Waals surface area contributed by atoms with Crippen LogP contribution in [0.15, 0.2) is 125 Å². The number of azide groups is 1. The first-order valence-corrected chi connectivity index (χ1v) is 14.6. The highest BCUT2D eigenvalue weighted by molar-refractivity contribution is 7.99. The summed E-state index contributed by atoms with van der Waals surface area (Å²) in [6.45, 7) is 1.23. The lowest BCUT2D eigenvalue weighted by Crippen LogP contribution is -2.58. The fourth-order valence-corrected chi connectivity index (χ4v) is 5.85. The van der Waals surface area contributed by atoms with Gasteiger partial charge in [-0.15, -0.1) is 0 Å². The van der Waals surface area contributed by atoms with Crippen molar-refractivity contribution in [3.05, 3.63) is 148 Å². The molecule has 1 fully saturated rings. The number of benzene rings is 4. The number of ether oxygens (including phenoxy) is 4. The van der Waals surface area contributed by atoms with Crippen molar-refractivity contribution in [2.45, 2.75) is 54.5 Å². The van der Waals surface area contributed by atoms with Gasteiger partial charge >= 0.3 is 0 Å². The number of rotatable bonds is 13. The van der Waals surface area contributed by atoms with E-state index in [4.69, 9.17) is 18.9 Å². The minimum Gasteiger partial charge on any atom is -0.374 e. The molecule has 216 valence electrons. The smallest absolute Gasteiger partial charge is 0.123 e. The first kappa shape index (κ1) is 29.8. The summed E-state index contributed by atoms with van der Waals surface area (Å²) in [5.41, 5.74) is 12.0. The van der Waals surface area contributed by atoms with Gasteiger partial charge in [-0.3, -0.25) is 0 Å². The van der Waals surface area contributed by atoms with Crippen molar-refractivity contribution in [1.29, 1.82) is 0 Å². The average Bonchev–Trinajstić information content (AvgIpc) is 3.03. The lowest BCUT2D eigenvalue weighted by atomic mass is 9.97. The minimum absolute atomic E-state index is 0.225. The second-order valence-electron chi connectivity index (χ2n) is 9.83. The monoisotopic (exact) mass is 585 g/mol. The summed E-state index contributed by atoms with van der Waals surface area (Å²) in [4.78, 5) is 3.93. The first-order valence-electron chi connectivity index (χ1n) is 13.7. The van der Waals surface area contributed by atoms with Crippen LogP contribution < -0.4 is 0 Å². The largest absolute Gasteiger partial charge is 0.374 e. The molecule has 9 heteroatoms. The van der Waals surface area contributed by atoms with Crippen LogP contribution in [0.5, 0.6) is 0 Å². The maximum atomic E-state index is 13.6. The number of hydrogen-bond acceptors (Lipinski definition) is 6. The van der Waals surface area contributed by atoms with E-state index < -0.39 is 29.8 Å². The molecule has 4 aromatic rings. The molecule has 1 aliphatic heterocycles. The summed E-state index contributed by atoms with van der Waals surface area (Å²) in [5, 5.41) is 4.15. The van der Waals surface area contributed by atoms with Crippen molar-refractivity contribution >= 4 is 11.8 Å². The molecular formula is C33H32FN3O4S. The molecule has 0 radical (unpaired) electrons. The average molecular weight is 586 g/mol. The van der Waals surface area contributed by atoms with Crippen molar-refractivity contribution in [2.24, 2.45) is 5.11 Å². The quantitative estimate of drug-likeness (QED) is 0.0911. The predicted octanol–water partition coefficient (Wildman–Crippen LogP) is 7.71. The zero-order valence-electron chi connectivity index (χ0n) is 22.9. The van der Waals surface area contributed by atoms with Crippen molar-refractivity contribution in [1.82, 2.24) is 0 Å². The molecule has 0 saturated carbocycles. The van der Waals surface area contributed by atoms with Crippen molar-refractivity contribution in [2.75, 3.05) is 6.61 Å². The number of hydrogen-bond donors (Lipinski definition) is 0. The molecule has 0 spiro atoms. The molecule has 5 rings (SSSR count). The van der Waals surface area contributed by atoms with Gasteiger partial charge in [0.05, 0.1) is 32.5 Å². The van der Waals surface area contributed by atoms with E-state index in [0.717, 1.165) is 21.6 Å². The van der Waals surface area contributed by atoms with E-state index in [1.54, 1.807) is 12.1 Å². The Bertz CT molecular complexity index is 1410. The van der Waals surface area contributed by atoms with Gasteiger partial charge in [0.2, 0.25) is 0 Å². The third-order valence-corrected chi connectivity index (χ3v) is 8.00. The van der Waals surface area contributed by atoms with Gasteiger partial charge < -0.3 is 18.9 Å². The van der Waals surface area contributed by atoms with Gasteiger partial charge in [-0.25, -0.2) is 4.39 Å². The van der Waals surface area contributed by atoms with Gasteiger partial charge in [-0.2, -0.15) is 0 Å². The molecule has 42 heavy (non-hydrogen) atoms. The molecule has 7 nitrogen and oxygen atoms in total. The lowest BCUT2D eigenvalue weighted by molar-refractivity contribution is -0.211. The van der Waals surface area contributed by atoms with E-state index in [0.29, 0.717) is 19.8 Å². The third kappa shape index (κ3) is 8.42. The minimum atomic E-state index is -0.736. The normalized spacial score (nSPS) is 21.9. The Balaban J connectivity index is 1.43. The summed E-state index contributed by atoms with van der Waals surface area (Å²) in [6.07, 6.45) is -1.80. The van der Waals surface area contributed by atoms with Crippen LogP contribution in [0.3, 0.4) is 0 Å². The van der Waals surface area contributed by atoms with Crippen molar-refractivity contribution < 1.29 is 23.3 Å². The van der Waals surface area contributed by atoms with E-state index in [1.807, 2.05) is 91.0 Å². The molecule has 1 saturated heterocycles. The Labute approximate surface area is 249 Å². The molecule has 4 aromatic carbocycles. The molecule has 0 bridgehead atoms. The zero-order chi connectivity index (χ0) is 29.0. The Morgan fingerprint density at radius 2 is 1.24 bits per heavy atom. The van der Waals surface area contributed by atoms with Crippen LogP contribution in [0.2, 0.25) is 0 Å². The SMILES string of the molecule is [N-]=[N+]=N[C@@H]1[C@@H](OCc2ccccc2)[C@H](OCc2ccccc2)[C@@H](COCc2ccccc2)O[C@H]1Sc1ccc(F)cc1.